The van der Waals surface area contributed by atoms with Gasteiger partial charge in [-0.05, 0) is 29.3 Å². The van der Waals surface area contributed by atoms with Gasteiger partial charge in [0.2, 0.25) is 0 Å². The third-order valence-electron chi connectivity index (χ3n) is 3.57. The summed E-state index contributed by atoms with van der Waals surface area (Å²) in [6.45, 7) is 0.476. The second-order valence-corrected chi connectivity index (χ2v) is 5.26. The molecule has 0 spiro atoms. The van der Waals surface area contributed by atoms with E-state index in [4.69, 9.17) is 10.5 Å². The monoisotopic (exact) mass is 320 g/mol. The number of pyridine rings is 1. The van der Waals surface area contributed by atoms with E-state index in [-0.39, 0.29) is 11.4 Å². The molecule has 5 nitrogen and oxygen atoms in total. The molecule has 0 saturated carbocycles. The zero-order valence-electron chi connectivity index (χ0n) is 12.8. The van der Waals surface area contributed by atoms with Crippen LogP contribution in [0.5, 0.6) is 5.75 Å². The van der Waals surface area contributed by atoms with Gasteiger partial charge >= 0.3 is 5.97 Å². The van der Waals surface area contributed by atoms with Gasteiger partial charge in [0, 0.05) is 11.8 Å². The summed E-state index contributed by atoms with van der Waals surface area (Å²) in [6.07, 6.45) is 1.47. The standard InChI is InChI=1S/C19H16N2O3/c20-18-10-16(19(22)23)17(11-21-18)14-6-8-15(9-7-14)24-12-13-4-2-1-3-5-13/h1-11H,12H2,(H2,20,21)(H,22,23). The largest absolute Gasteiger partial charge is 0.489 e. The van der Waals surface area contributed by atoms with Crippen LogP contribution in [0, 0.1) is 0 Å². The number of hydrogen-bond donors (Lipinski definition) is 2. The second kappa shape index (κ2) is 6.83. The number of aromatic nitrogens is 1. The van der Waals surface area contributed by atoms with Crippen LogP contribution in [0.25, 0.3) is 11.1 Å². The van der Waals surface area contributed by atoms with Crippen molar-refractivity contribution in [3.63, 3.8) is 0 Å². The maximum absolute atomic E-state index is 11.4. The maximum atomic E-state index is 11.4. The van der Waals surface area contributed by atoms with Gasteiger partial charge < -0.3 is 15.6 Å². The van der Waals surface area contributed by atoms with Crippen LogP contribution in [0.1, 0.15) is 15.9 Å². The topological polar surface area (TPSA) is 85.4 Å². The van der Waals surface area contributed by atoms with Crippen LogP contribution < -0.4 is 10.5 Å². The molecule has 0 amide bonds. The molecular formula is C19H16N2O3. The molecule has 5 heteroatoms. The fraction of sp³-hybridized carbons (Fsp3) is 0.0526. The minimum atomic E-state index is -1.04. The highest BCUT2D eigenvalue weighted by atomic mass is 16.5. The van der Waals surface area contributed by atoms with Gasteiger partial charge in [-0.15, -0.1) is 0 Å². The minimum absolute atomic E-state index is 0.125. The first kappa shape index (κ1) is 15.6. The lowest BCUT2D eigenvalue weighted by Crippen LogP contribution is -2.03. The molecule has 0 aliphatic carbocycles. The lowest BCUT2D eigenvalue weighted by Gasteiger charge is -2.09. The van der Waals surface area contributed by atoms with E-state index in [0.717, 1.165) is 11.1 Å². The third-order valence-corrected chi connectivity index (χ3v) is 3.57. The molecule has 3 rings (SSSR count). The number of ether oxygens (including phenoxy) is 1. The number of nitrogens with two attached hydrogens (primary N) is 1. The summed E-state index contributed by atoms with van der Waals surface area (Å²) in [5, 5.41) is 9.31. The molecule has 0 unspecified atom stereocenters. The Morgan fingerprint density at radius 3 is 2.46 bits per heavy atom. The second-order valence-electron chi connectivity index (χ2n) is 5.26. The fourth-order valence-electron chi connectivity index (χ4n) is 2.35. The zero-order valence-corrected chi connectivity index (χ0v) is 12.8. The van der Waals surface area contributed by atoms with Crippen molar-refractivity contribution in [2.75, 3.05) is 5.73 Å². The summed E-state index contributed by atoms with van der Waals surface area (Å²) in [6, 6.07) is 18.4. The van der Waals surface area contributed by atoms with Crippen molar-refractivity contribution in [3.05, 3.63) is 78.0 Å². The van der Waals surface area contributed by atoms with Crippen LogP contribution in [-0.4, -0.2) is 16.1 Å². The SMILES string of the molecule is Nc1cc(C(=O)O)c(-c2ccc(OCc3ccccc3)cc2)cn1. The first-order valence-electron chi connectivity index (χ1n) is 7.39. The number of carboxylic acids is 1. The molecule has 3 aromatic rings. The predicted molar refractivity (Wildman–Crippen MR) is 91.8 cm³/mol. The normalized spacial score (nSPS) is 10.3. The van der Waals surface area contributed by atoms with E-state index in [1.807, 2.05) is 30.3 Å². The lowest BCUT2D eigenvalue weighted by molar-refractivity contribution is 0.0697. The van der Waals surface area contributed by atoms with Gasteiger partial charge in [-0.3, -0.25) is 0 Å². The average molecular weight is 320 g/mol. The Kier molecular flexibility index (Phi) is 4.43. The predicted octanol–water partition coefficient (Wildman–Crippen LogP) is 3.61. The summed E-state index contributed by atoms with van der Waals surface area (Å²) in [5.41, 5.74) is 8.04. The van der Waals surface area contributed by atoms with E-state index in [2.05, 4.69) is 4.98 Å². The number of aromatic carboxylic acids is 1. The number of anilines is 1. The number of carbonyl (C=O) groups is 1. The molecule has 3 N–H and O–H groups in total. The Hall–Kier alpha value is -3.34. The number of benzene rings is 2. The number of hydrogen-bond acceptors (Lipinski definition) is 4. The summed E-state index contributed by atoms with van der Waals surface area (Å²) >= 11 is 0. The zero-order chi connectivity index (χ0) is 16.9. The maximum Gasteiger partial charge on any atom is 0.336 e. The Bertz CT molecular complexity index is 846. The highest BCUT2D eigenvalue weighted by Crippen LogP contribution is 2.26. The Morgan fingerprint density at radius 1 is 1.08 bits per heavy atom. The molecule has 0 bridgehead atoms. The Balaban J connectivity index is 1.79. The summed E-state index contributed by atoms with van der Waals surface area (Å²) in [7, 11) is 0. The summed E-state index contributed by atoms with van der Waals surface area (Å²) < 4.78 is 5.73. The molecule has 0 fully saturated rings. The van der Waals surface area contributed by atoms with E-state index < -0.39 is 5.97 Å². The molecule has 120 valence electrons. The van der Waals surface area contributed by atoms with Gasteiger partial charge in [0.15, 0.2) is 0 Å². The van der Waals surface area contributed by atoms with Crippen LogP contribution >= 0.6 is 0 Å². The van der Waals surface area contributed by atoms with Crippen molar-refractivity contribution in [2.24, 2.45) is 0 Å². The first-order valence-corrected chi connectivity index (χ1v) is 7.39. The van der Waals surface area contributed by atoms with Crippen LogP contribution in [0.3, 0.4) is 0 Å². The molecule has 2 aromatic carbocycles. The van der Waals surface area contributed by atoms with E-state index in [9.17, 15) is 9.90 Å². The van der Waals surface area contributed by atoms with E-state index in [1.165, 1.54) is 12.3 Å². The van der Waals surface area contributed by atoms with Gasteiger partial charge in [0.1, 0.15) is 18.2 Å². The highest BCUT2D eigenvalue weighted by Gasteiger charge is 2.13. The molecule has 0 saturated heterocycles. The number of nitrogens with zero attached hydrogens (tertiary/aromatic N) is 1. The highest BCUT2D eigenvalue weighted by molar-refractivity contribution is 5.96. The van der Waals surface area contributed by atoms with Crippen LogP contribution in [0.15, 0.2) is 66.9 Å². The van der Waals surface area contributed by atoms with Crippen LogP contribution in [0.4, 0.5) is 5.82 Å². The molecule has 1 heterocycles. The van der Waals surface area contributed by atoms with E-state index >= 15 is 0 Å². The Labute approximate surface area is 139 Å². The first-order chi connectivity index (χ1) is 11.6. The summed E-state index contributed by atoms with van der Waals surface area (Å²) in [4.78, 5) is 15.3. The van der Waals surface area contributed by atoms with Crippen molar-refractivity contribution in [2.45, 2.75) is 6.61 Å². The number of rotatable bonds is 5. The van der Waals surface area contributed by atoms with Crippen molar-refractivity contribution < 1.29 is 14.6 Å². The number of nitrogen functional groups attached to an aromatic ring is 1. The molecule has 0 radical (unpaired) electrons. The van der Waals surface area contributed by atoms with Gasteiger partial charge in [0.05, 0.1) is 5.56 Å². The molecule has 24 heavy (non-hydrogen) atoms. The van der Waals surface area contributed by atoms with Crippen molar-refractivity contribution >= 4 is 11.8 Å². The molecule has 0 aliphatic rings. The fourth-order valence-corrected chi connectivity index (χ4v) is 2.35. The van der Waals surface area contributed by atoms with E-state index in [1.54, 1.807) is 24.3 Å². The quantitative estimate of drug-likeness (QED) is 0.750. The molecule has 1 aromatic heterocycles. The van der Waals surface area contributed by atoms with Crippen LogP contribution in [0.2, 0.25) is 0 Å². The van der Waals surface area contributed by atoms with Crippen molar-refractivity contribution in [1.82, 2.24) is 4.98 Å². The molecule has 0 atom stereocenters. The summed E-state index contributed by atoms with van der Waals surface area (Å²) in [5.74, 6) is -0.148. The average Bonchev–Trinajstić information content (AvgIpc) is 2.61. The van der Waals surface area contributed by atoms with Gasteiger partial charge in [-0.2, -0.15) is 0 Å². The lowest BCUT2D eigenvalue weighted by atomic mass is 10.0. The van der Waals surface area contributed by atoms with Gasteiger partial charge in [0.25, 0.3) is 0 Å². The van der Waals surface area contributed by atoms with Gasteiger partial charge in [-0.25, -0.2) is 9.78 Å². The minimum Gasteiger partial charge on any atom is -0.489 e. The number of carboxylic acid groups (broad SMARTS) is 1. The van der Waals surface area contributed by atoms with Crippen molar-refractivity contribution in [3.8, 4) is 16.9 Å². The van der Waals surface area contributed by atoms with Crippen molar-refractivity contribution in [1.29, 1.82) is 0 Å². The third kappa shape index (κ3) is 3.52. The van der Waals surface area contributed by atoms with Gasteiger partial charge in [-0.1, -0.05) is 42.5 Å². The smallest absolute Gasteiger partial charge is 0.336 e. The molecular weight excluding hydrogens is 304 g/mol. The Morgan fingerprint density at radius 2 is 1.79 bits per heavy atom. The van der Waals surface area contributed by atoms with Crippen LogP contribution in [-0.2, 0) is 6.61 Å². The van der Waals surface area contributed by atoms with E-state index in [0.29, 0.717) is 17.9 Å². The molecule has 0 aliphatic heterocycles.